The highest BCUT2D eigenvalue weighted by Gasteiger charge is 2.24. The normalized spacial score (nSPS) is 11.7. The van der Waals surface area contributed by atoms with Gasteiger partial charge in [0.25, 0.3) is 0 Å². The molecule has 10 rings (SSSR count). The fourth-order valence-corrected chi connectivity index (χ4v) is 7.48. The number of aromatic nitrogens is 2. The summed E-state index contributed by atoms with van der Waals surface area (Å²) < 4.78 is 6.83. The molecule has 0 spiro atoms. The minimum absolute atomic E-state index is 0.824. The molecule has 0 bridgehead atoms. The van der Waals surface area contributed by atoms with Crippen LogP contribution in [0.1, 0.15) is 0 Å². The smallest absolute Gasteiger partial charge is 0.145 e. The van der Waals surface area contributed by atoms with Crippen molar-refractivity contribution >= 4 is 43.4 Å². The van der Waals surface area contributed by atoms with Gasteiger partial charge in [0.2, 0.25) is 0 Å². The number of pyridine rings is 1. The van der Waals surface area contributed by atoms with E-state index in [0.29, 0.717) is 0 Å². The van der Waals surface area contributed by atoms with E-state index in [-0.39, 0.29) is 0 Å². The largest absolute Gasteiger partial charge is 0.455 e. The summed E-state index contributed by atoms with van der Waals surface area (Å²) in [5.74, 6) is 0.839. The van der Waals surface area contributed by atoms with Crippen LogP contribution in [0.2, 0.25) is 0 Å². The number of nitrogens with zero attached hydrogens (tertiary/aromatic N) is 2. The highest BCUT2D eigenvalue weighted by molar-refractivity contribution is 6.14. The zero-order valence-corrected chi connectivity index (χ0v) is 26.5. The van der Waals surface area contributed by atoms with E-state index in [1.807, 2.05) is 42.7 Å². The highest BCUT2D eigenvalue weighted by Crippen LogP contribution is 2.47. The third-order valence-electron chi connectivity index (χ3n) is 9.73. The quantitative estimate of drug-likeness (QED) is 0.196. The number of hydrogen-bond acceptors (Lipinski definition) is 3. The van der Waals surface area contributed by atoms with Crippen LogP contribution in [0, 0.1) is 0 Å². The molecule has 0 N–H and O–H groups in total. The van der Waals surface area contributed by atoms with E-state index in [2.05, 4.69) is 132 Å². The van der Waals surface area contributed by atoms with Gasteiger partial charge in [0.15, 0.2) is 0 Å². The van der Waals surface area contributed by atoms with Gasteiger partial charge in [-0.25, -0.2) is 4.98 Å². The average Bonchev–Trinajstić information content (AvgIpc) is 3.57. The molecule has 0 saturated heterocycles. The van der Waals surface area contributed by atoms with Crippen molar-refractivity contribution in [3.63, 3.8) is 0 Å². The highest BCUT2D eigenvalue weighted by atomic mass is 16.3. The first kappa shape index (κ1) is 27.5. The molecular formula is C46H28N2O. The second-order valence-corrected chi connectivity index (χ2v) is 12.6. The van der Waals surface area contributed by atoms with Crippen molar-refractivity contribution in [3.8, 4) is 56.0 Å². The van der Waals surface area contributed by atoms with Crippen LogP contribution < -0.4 is 0 Å². The molecule has 0 fully saturated rings. The second kappa shape index (κ2) is 11.0. The predicted molar refractivity (Wildman–Crippen MR) is 203 cm³/mol. The molecule has 8 aromatic rings. The summed E-state index contributed by atoms with van der Waals surface area (Å²) in [4.78, 5) is 9.57. The Hall–Kier alpha value is -6.58. The maximum Gasteiger partial charge on any atom is 0.145 e. The van der Waals surface area contributed by atoms with Crippen LogP contribution in [0.15, 0.2) is 175 Å². The Bertz CT molecular complexity index is 2830. The summed E-state index contributed by atoms with van der Waals surface area (Å²) in [7, 11) is 0. The summed E-state index contributed by atoms with van der Waals surface area (Å²) in [5.41, 5.74) is 11.7. The van der Waals surface area contributed by atoms with E-state index < -0.39 is 0 Å². The zero-order valence-electron chi connectivity index (χ0n) is 26.5. The monoisotopic (exact) mass is 624 g/mol. The molecule has 49 heavy (non-hydrogen) atoms. The maximum absolute atomic E-state index is 6.83. The van der Waals surface area contributed by atoms with E-state index in [4.69, 9.17) is 9.40 Å². The molecular weight excluding hydrogens is 597 g/mol. The van der Waals surface area contributed by atoms with Crippen LogP contribution in [-0.4, -0.2) is 9.97 Å². The summed E-state index contributed by atoms with van der Waals surface area (Å²) in [6.07, 6.45) is 3.77. The van der Waals surface area contributed by atoms with E-state index in [1.54, 1.807) is 0 Å². The molecule has 3 nitrogen and oxygen atoms in total. The van der Waals surface area contributed by atoms with Gasteiger partial charge in [-0.15, -0.1) is 0 Å². The fourth-order valence-electron chi connectivity index (χ4n) is 7.48. The van der Waals surface area contributed by atoms with Gasteiger partial charge >= 0.3 is 0 Å². The first-order valence-corrected chi connectivity index (χ1v) is 16.6. The molecule has 3 heterocycles. The molecule has 0 amide bonds. The summed E-state index contributed by atoms with van der Waals surface area (Å²) in [5, 5.41) is 6.86. The average molecular weight is 625 g/mol. The number of hydrogen-bond donors (Lipinski definition) is 0. The predicted octanol–water partition coefficient (Wildman–Crippen LogP) is 12.5. The van der Waals surface area contributed by atoms with Crippen LogP contribution in [0.4, 0.5) is 0 Å². The van der Waals surface area contributed by atoms with Gasteiger partial charge in [-0.2, -0.15) is 0 Å². The summed E-state index contributed by atoms with van der Waals surface area (Å²) in [6, 6.07) is 55.9. The lowest BCUT2D eigenvalue weighted by atomic mass is 9.88. The number of fused-ring (bicyclic) bond motifs is 7. The molecule has 0 saturated carbocycles. The van der Waals surface area contributed by atoms with Crippen molar-refractivity contribution in [2.45, 2.75) is 0 Å². The molecule has 228 valence electrons. The Balaban J connectivity index is 1.24. The van der Waals surface area contributed by atoms with Crippen LogP contribution in [-0.2, 0) is 0 Å². The molecule has 1 aromatic heterocycles. The Kier molecular flexibility index (Phi) is 6.18. The first-order chi connectivity index (χ1) is 24.3. The van der Waals surface area contributed by atoms with Crippen LogP contribution in [0.5, 0.6) is 0 Å². The van der Waals surface area contributed by atoms with Crippen LogP contribution in [0.3, 0.4) is 0 Å². The zero-order chi connectivity index (χ0) is 32.3. The van der Waals surface area contributed by atoms with Crippen molar-refractivity contribution in [1.82, 2.24) is 9.97 Å². The molecule has 0 radical (unpaired) electrons. The topological polar surface area (TPSA) is 38.9 Å². The van der Waals surface area contributed by atoms with E-state index >= 15 is 0 Å². The van der Waals surface area contributed by atoms with Crippen molar-refractivity contribution in [2.24, 2.45) is 0 Å². The molecule has 2 aliphatic heterocycles. The molecule has 0 atom stereocenters. The third kappa shape index (κ3) is 4.44. The van der Waals surface area contributed by atoms with E-state index in [1.165, 1.54) is 21.9 Å². The third-order valence-corrected chi connectivity index (χ3v) is 9.73. The SMILES string of the molecule is c1cncc(-c2cc(-c3cccc4ccccc34)cc(-c3ccc(-c4oc5ccccc5c5nc6ccccc6c4-5)c4ccccc34)c2)c1. The lowest BCUT2D eigenvalue weighted by Crippen LogP contribution is -1.92. The van der Waals surface area contributed by atoms with Gasteiger partial charge in [-0.05, 0) is 97.9 Å². The Morgan fingerprint density at radius 1 is 0.429 bits per heavy atom. The molecule has 0 unspecified atom stereocenters. The molecule has 3 heteroatoms. The Morgan fingerprint density at radius 3 is 1.88 bits per heavy atom. The first-order valence-electron chi connectivity index (χ1n) is 16.6. The molecule has 2 aliphatic rings. The van der Waals surface area contributed by atoms with Gasteiger partial charge in [0.1, 0.15) is 11.3 Å². The van der Waals surface area contributed by atoms with Crippen molar-refractivity contribution in [1.29, 1.82) is 0 Å². The Labute approximate surface area is 283 Å². The summed E-state index contributed by atoms with van der Waals surface area (Å²) >= 11 is 0. The minimum atomic E-state index is 0.824. The van der Waals surface area contributed by atoms with Gasteiger partial charge in [0, 0.05) is 34.3 Å². The van der Waals surface area contributed by atoms with E-state index in [9.17, 15) is 0 Å². The van der Waals surface area contributed by atoms with Gasteiger partial charge in [0.05, 0.1) is 16.8 Å². The van der Waals surface area contributed by atoms with Gasteiger partial charge in [-0.1, -0.05) is 109 Å². The van der Waals surface area contributed by atoms with Crippen LogP contribution in [0.25, 0.3) is 99.4 Å². The lowest BCUT2D eigenvalue weighted by molar-refractivity contribution is 0.622. The van der Waals surface area contributed by atoms with Crippen LogP contribution >= 0.6 is 0 Å². The minimum Gasteiger partial charge on any atom is -0.455 e. The summed E-state index contributed by atoms with van der Waals surface area (Å²) in [6.45, 7) is 0. The van der Waals surface area contributed by atoms with Crippen molar-refractivity contribution < 1.29 is 4.42 Å². The Morgan fingerprint density at radius 2 is 1.06 bits per heavy atom. The van der Waals surface area contributed by atoms with Gasteiger partial charge < -0.3 is 4.42 Å². The molecule has 7 aromatic carbocycles. The standard InChI is InChI=1S/C46H28N2O/c1-2-14-34-29(11-1)12-9-19-35(34)32-25-31(30-13-10-24-47-28-30)26-33(27-32)36-22-23-39(38-16-4-3-15-37(36)38)46-44-40-17-5-7-20-42(40)48-45(44)41-18-6-8-21-43(41)49-46/h1-28H. The van der Waals surface area contributed by atoms with E-state index in [0.717, 1.165) is 77.5 Å². The fraction of sp³-hybridized carbons (Fsp3) is 0. The van der Waals surface area contributed by atoms with Crippen molar-refractivity contribution in [3.05, 3.63) is 170 Å². The molecule has 0 aliphatic carbocycles. The maximum atomic E-state index is 6.83. The van der Waals surface area contributed by atoms with Crippen molar-refractivity contribution in [2.75, 3.05) is 0 Å². The lowest BCUT2D eigenvalue weighted by Gasteiger charge is -2.17. The second-order valence-electron chi connectivity index (χ2n) is 12.6. The number of benzene rings is 7. The van der Waals surface area contributed by atoms with Gasteiger partial charge in [-0.3, -0.25) is 4.98 Å². The number of para-hydroxylation sites is 2. The number of rotatable bonds is 4.